The van der Waals surface area contributed by atoms with Crippen LogP contribution < -0.4 is 5.32 Å². The molecule has 0 aliphatic heterocycles. The van der Waals surface area contributed by atoms with Gasteiger partial charge in [0.05, 0.1) is 11.4 Å². The monoisotopic (exact) mass is 315 g/mol. The van der Waals surface area contributed by atoms with Gasteiger partial charge in [-0.3, -0.25) is 0 Å². The second-order valence-electron chi connectivity index (χ2n) is 4.39. The van der Waals surface area contributed by atoms with Gasteiger partial charge in [-0.15, -0.1) is 0 Å². The van der Waals surface area contributed by atoms with E-state index in [0.717, 1.165) is 22.4 Å². The Labute approximate surface area is 120 Å². The highest BCUT2D eigenvalue weighted by molar-refractivity contribution is 9.10. The minimum atomic E-state index is 0.779. The molecule has 19 heavy (non-hydrogen) atoms. The molecule has 2 aromatic carbocycles. The van der Waals surface area contributed by atoms with Crippen molar-refractivity contribution in [3.05, 3.63) is 58.8 Å². The highest BCUT2D eigenvalue weighted by Crippen LogP contribution is 2.28. The Morgan fingerprint density at radius 1 is 1.11 bits per heavy atom. The lowest BCUT2D eigenvalue weighted by molar-refractivity contribution is 0.758. The van der Waals surface area contributed by atoms with Gasteiger partial charge in [0.15, 0.2) is 0 Å². The van der Waals surface area contributed by atoms with Gasteiger partial charge in [0, 0.05) is 22.6 Å². The van der Waals surface area contributed by atoms with Gasteiger partial charge in [0.1, 0.15) is 0 Å². The fourth-order valence-electron chi connectivity index (χ4n) is 2.22. The molecule has 0 saturated heterocycles. The van der Waals surface area contributed by atoms with Gasteiger partial charge in [-0.1, -0.05) is 40.2 Å². The molecule has 0 atom stereocenters. The number of aromatic nitrogens is 2. The molecule has 3 aromatic rings. The summed E-state index contributed by atoms with van der Waals surface area (Å²) >= 11 is 3.59. The van der Waals surface area contributed by atoms with Crippen LogP contribution in [0.25, 0.3) is 16.5 Å². The Hall–Kier alpha value is -1.65. The standard InChI is InChI=1S/C15H14BrN3/c1-17-10-11-8-9-19(18-11)15-7-6-14(16)12-4-2-3-5-13(12)15/h2-9,17H,10H2,1H3. The maximum absolute atomic E-state index is 4.59. The zero-order chi connectivity index (χ0) is 13.2. The van der Waals surface area contributed by atoms with Gasteiger partial charge in [-0.25, -0.2) is 4.68 Å². The van der Waals surface area contributed by atoms with Gasteiger partial charge in [0.2, 0.25) is 0 Å². The van der Waals surface area contributed by atoms with E-state index in [1.165, 1.54) is 10.8 Å². The maximum atomic E-state index is 4.59. The predicted molar refractivity (Wildman–Crippen MR) is 81.5 cm³/mol. The first-order valence-corrected chi connectivity index (χ1v) is 6.95. The number of hydrogen-bond donors (Lipinski definition) is 1. The smallest absolute Gasteiger partial charge is 0.0766 e. The lowest BCUT2D eigenvalue weighted by Gasteiger charge is -2.08. The van der Waals surface area contributed by atoms with Crippen molar-refractivity contribution >= 4 is 26.7 Å². The zero-order valence-corrected chi connectivity index (χ0v) is 12.2. The molecule has 0 saturated carbocycles. The van der Waals surface area contributed by atoms with Crippen molar-refractivity contribution in [3.63, 3.8) is 0 Å². The van der Waals surface area contributed by atoms with E-state index in [4.69, 9.17) is 0 Å². The van der Waals surface area contributed by atoms with Crippen LogP contribution in [0, 0.1) is 0 Å². The zero-order valence-electron chi connectivity index (χ0n) is 10.6. The molecule has 0 aliphatic rings. The fraction of sp³-hybridized carbons (Fsp3) is 0.133. The number of benzene rings is 2. The van der Waals surface area contributed by atoms with E-state index in [1.807, 2.05) is 30.1 Å². The average molecular weight is 316 g/mol. The van der Waals surface area contributed by atoms with Crippen LogP contribution in [-0.2, 0) is 6.54 Å². The third-order valence-electron chi connectivity index (χ3n) is 3.10. The molecule has 0 spiro atoms. The van der Waals surface area contributed by atoms with E-state index in [9.17, 15) is 0 Å². The summed E-state index contributed by atoms with van der Waals surface area (Å²) in [6.45, 7) is 0.779. The van der Waals surface area contributed by atoms with Crippen molar-refractivity contribution in [2.24, 2.45) is 0 Å². The Kier molecular flexibility index (Phi) is 3.36. The van der Waals surface area contributed by atoms with Crippen LogP contribution in [0.4, 0.5) is 0 Å². The first-order valence-electron chi connectivity index (χ1n) is 6.16. The number of rotatable bonds is 3. The molecule has 1 heterocycles. The average Bonchev–Trinajstić information content (AvgIpc) is 2.88. The Balaban J connectivity index is 2.16. The molecule has 0 bridgehead atoms. The number of fused-ring (bicyclic) bond motifs is 1. The van der Waals surface area contributed by atoms with Crippen molar-refractivity contribution < 1.29 is 0 Å². The summed E-state index contributed by atoms with van der Waals surface area (Å²) in [5, 5.41) is 10.1. The number of nitrogens with zero attached hydrogens (tertiary/aromatic N) is 2. The van der Waals surface area contributed by atoms with Crippen LogP contribution in [0.1, 0.15) is 5.69 Å². The fourth-order valence-corrected chi connectivity index (χ4v) is 2.70. The van der Waals surface area contributed by atoms with Gasteiger partial charge in [-0.05, 0) is 30.6 Å². The summed E-state index contributed by atoms with van der Waals surface area (Å²) in [5.41, 5.74) is 2.13. The summed E-state index contributed by atoms with van der Waals surface area (Å²) < 4.78 is 3.04. The third-order valence-corrected chi connectivity index (χ3v) is 3.79. The lowest BCUT2D eigenvalue weighted by atomic mass is 10.1. The normalized spacial score (nSPS) is 11.1. The number of nitrogens with one attached hydrogen (secondary N) is 1. The molecule has 1 N–H and O–H groups in total. The molecule has 3 rings (SSSR count). The Morgan fingerprint density at radius 2 is 1.89 bits per heavy atom. The molecule has 0 radical (unpaired) electrons. The molecule has 96 valence electrons. The van der Waals surface area contributed by atoms with E-state index in [0.29, 0.717) is 0 Å². The van der Waals surface area contributed by atoms with Crippen molar-refractivity contribution in [1.82, 2.24) is 15.1 Å². The molecule has 4 heteroatoms. The largest absolute Gasteiger partial charge is 0.314 e. The maximum Gasteiger partial charge on any atom is 0.0766 e. The molecule has 0 unspecified atom stereocenters. The summed E-state index contributed by atoms with van der Waals surface area (Å²) in [7, 11) is 1.92. The first kappa shape index (κ1) is 12.4. The van der Waals surface area contributed by atoms with Crippen molar-refractivity contribution in [2.75, 3.05) is 7.05 Å². The number of hydrogen-bond acceptors (Lipinski definition) is 2. The first-order chi connectivity index (χ1) is 9.29. The van der Waals surface area contributed by atoms with Gasteiger partial charge >= 0.3 is 0 Å². The van der Waals surface area contributed by atoms with Crippen LogP contribution in [0.5, 0.6) is 0 Å². The van der Waals surface area contributed by atoms with E-state index in [2.05, 4.69) is 56.7 Å². The van der Waals surface area contributed by atoms with Crippen LogP contribution in [-0.4, -0.2) is 16.8 Å². The summed E-state index contributed by atoms with van der Waals surface area (Å²) in [4.78, 5) is 0. The molecule has 3 nitrogen and oxygen atoms in total. The van der Waals surface area contributed by atoms with Crippen LogP contribution in [0.3, 0.4) is 0 Å². The molecule has 0 fully saturated rings. The van der Waals surface area contributed by atoms with E-state index in [-0.39, 0.29) is 0 Å². The van der Waals surface area contributed by atoms with Crippen molar-refractivity contribution in [3.8, 4) is 5.69 Å². The van der Waals surface area contributed by atoms with E-state index >= 15 is 0 Å². The highest BCUT2D eigenvalue weighted by atomic mass is 79.9. The van der Waals surface area contributed by atoms with E-state index in [1.54, 1.807) is 0 Å². The van der Waals surface area contributed by atoms with Crippen LogP contribution in [0.15, 0.2) is 53.1 Å². The van der Waals surface area contributed by atoms with Gasteiger partial charge < -0.3 is 5.32 Å². The summed E-state index contributed by atoms with van der Waals surface area (Å²) in [6.07, 6.45) is 2.00. The van der Waals surface area contributed by atoms with Crippen LogP contribution >= 0.6 is 15.9 Å². The predicted octanol–water partition coefficient (Wildman–Crippen LogP) is 3.51. The quantitative estimate of drug-likeness (QED) is 0.801. The Morgan fingerprint density at radius 3 is 2.68 bits per heavy atom. The van der Waals surface area contributed by atoms with Crippen molar-refractivity contribution in [2.45, 2.75) is 6.54 Å². The molecule has 0 amide bonds. The van der Waals surface area contributed by atoms with Gasteiger partial charge in [0.25, 0.3) is 0 Å². The minimum Gasteiger partial charge on any atom is -0.314 e. The SMILES string of the molecule is CNCc1ccn(-c2ccc(Br)c3ccccc23)n1. The second kappa shape index (κ2) is 5.15. The minimum absolute atomic E-state index is 0.779. The lowest BCUT2D eigenvalue weighted by Crippen LogP contribution is -2.06. The van der Waals surface area contributed by atoms with Crippen LogP contribution in [0.2, 0.25) is 0 Å². The molecule has 0 aliphatic carbocycles. The van der Waals surface area contributed by atoms with E-state index < -0.39 is 0 Å². The topological polar surface area (TPSA) is 29.9 Å². The summed E-state index contributed by atoms with van der Waals surface area (Å²) in [6, 6.07) is 14.5. The third kappa shape index (κ3) is 2.29. The molecule has 1 aromatic heterocycles. The second-order valence-corrected chi connectivity index (χ2v) is 5.25. The highest BCUT2D eigenvalue weighted by Gasteiger charge is 2.07. The summed E-state index contributed by atoms with van der Waals surface area (Å²) in [5.74, 6) is 0. The Bertz CT molecular complexity index is 718. The molecular weight excluding hydrogens is 302 g/mol. The van der Waals surface area contributed by atoms with Gasteiger partial charge in [-0.2, -0.15) is 5.10 Å². The van der Waals surface area contributed by atoms with Crippen molar-refractivity contribution in [1.29, 1.82) is 0 Å². The number of halogens is 1. The molecular formula is C15H14BrN3.